The average Bonchev–Trinajstić information content (AvgIpc) is 2.67. The number of carbonyl (C=O) groups is 1. The van der Waals surface area contributed by atoms with E-state index in [1.54, 1.807) is 18.3 Å². The fourth-order valence-corrected chi connectivity index (χ4v) is 2.87. The van der Waals surface area contributed by atoms with Gasteiger partial charge in [0.05, 0.1) is 0 Å². The minimum atomic E-state index is -0.165. The first kappa shape index (κ1) is 17.8. The number of aromatic nitrogens is 1. The van der Waals surface area contributed by atoms with Crippen molar-refractivity contribution in [1.29, 1.82) is 0 Å². The van der Waals surface area contributed by atoms with E-state index in [0.29, 0.717) is 12.2 Å². The van der Waals surface area contributed by atoms with Gasteiger partial charge in [-0.15, -0.1) is 0 Å². The lowest BCUT2D eigenvalue weighted by atomic mass is 9.98. The predicted molar refractivity (Wildman–Crippen MR) is 105 cm³/mol. The number of hydrogen-bond acceptors (Lipinski definition) is 3. The van der Waals surface area contributed by atoms with Crippen molar-refractivity contribution >= 4 is 5.91 Å². The van der Waals surface area contributed by atoms with Crippen molar-refractivity contribution < 1.29 is 4.79 Å². The Balaban J connectivity index is 1.75. The van der Waals surface area contributed by atoms with Gasteiger partial charge in [-0.25, -0.2) is 0 Å². The zero-order valence-corrected chi connectivity index (χ0v) is 15.1. The van der Waals surface area contributed by atoms with Gasteiger partial charge >= 0.3 is 0 Å². The van der Waals surface area contributed by atoms with Gasteiger partial charge in [0.25, 0.3) is 5.91 Å². The van der Waals surface area contributed by atoms with Gasteiger partial charge in [0.15, 0.2) is 0 Å². The molecule has 0 saturated heterocycles. The summed E-state index contributed by atoms with van der Waals surface area (Å²) in [7, 11) is 4.13. The standard InChI is InChI=1S/C22H23N3O/c1-25(2)16-17-10-12-18(13-11-17)20-8-4-3-7-19(20)15-24-22(26)21-9-5-6-14-23-21/h3-14H,15-16H2,1-2H3,(H,24,26). The molecule has 0 aliphatic rings. The highest BCUT2D eigenvalue weighted by Gasteiger charge is 2.09. The molecule has 0 aliphatic carbocycles. The highest BCUT2D eigenvalue weighted by molar-refractivity contribution is 5.92. The summed E-state index contributed by atoms with van der Waals surface area (Å²) < 4.78 is 0. The number of amides is 1. The molecule has 0 bridgehead atoms. The molecular formula is C22H23N3O. The van der Waals surface area contributed by atoms with Crippen LogP contribution in [0.2, 0.25) is 0 Å². The Morgan fingerprint density at radius 1 is 0.962 bits per heavy atom. The van der Waals surface area contributed by atoms with E-state index in [1.807, 2.05) is 24.3 Å². The van der Waals surface area contributed by atoms with Crippen LogP contribution in [-0.2, 0) is 13.1 Å². The molecule has 3 rings (SSSR count). The molecule has 4 heteroatoms. The zero-order valence-electron chi connectivity index (χ0n) is 15.1. The van der Waals surface area contributed by atoms with Crippen LogP contribution in [-0.4, -0.2) is 29.9 Å². The highest BCUT2D eigenvalue weighted by atomic mass is 16.1. The summed E-state index contributed by atoms with van der Waals surface area (Å²) >= 11 is 0. The van der Waals surface area contributed by atoms with Gasteiger partial charge in [0.2, 0.25) is 0 Å². The van der Waals surface area contributed by atoms with Gasteiger partial charge in [-0.1, -0.05) is 54.6 Å². The molecule has 1 amide bonds. The molecule has 0 spiro atoms. The second-order valence-electron chi connectivity index (χ2n) is 6.49. The van der Waals surface area contributed by atoms with Crippen molar-refractivity contribution in [3.63, 3.8) is 0 Å². The number of nitrogens with zero attached hydrogens (tertiary/aromatic N) is 2. The van der Waals surface area contributed by atoms with E-state index in [9.17, 15) is 4.79 Å². The van der Waals surface area contributed by atoms with Crippen molar-refractivity contribution in [3.05, 3.63) is 89.7 Å². The molecule has 0 radical (unpaired) electrons. The van der Waals surface area contributed by atoms with E-state index in [2.05, 4.69) is 59.6 Å². The lowest BCUT2D eigenvalue weighted by Crippen LogP contribution is -2.23. The third-order valence-corrected chi connectivity index (χ3v) is 4.12. The first-order valence-electron chi connectivity index (χ1n) is 8.64. The van der Waals surface area contributed by atoms with E-state index >= 15 is 0 Å². The fourth-order valence-electron chi connectivity index (χ4n) is 2.87. The third-order valence-electron chi connectivity index (χ3n) is 4.12. The van der Waals surface area contributed by atoms with Crippen LogP contribution in [0.5, 0.6) is 0 Å². The number of pyridine rings is 1. The van der Waals surface area contributed by atoms with E-state index in [-0.39, 0.29) is 5.91 Å². The number of rotatable bonds is 6. The second kappa shape index (κ2) is 8.41. The van der Waals surface area contributed by atoms with Gasteiger partial charge in [-0.3, -0.25) is 9.78 Å². The molecule has 4 nitrogen and oxygen atoms in total. The van der Waals surface area contributed by atoms with Crippen LogP contribution in [0.25, 0.3) is 11.1 Å². The number of nitrogens with one attached hydrogen (secondary N) is 1. The predicted octanol–water partition coefficient (Wildman–Crippen LogP) is 3.74. The minimum Gasteiger partial charge on any atom is -0.347 e. The molecule has 1 N–H and O–H groups in total. The Bertz CT molecular complexity index is 858. The average molecular weight is 345 g/mol. The highest BCUT2D eigenvalue weighted by Crippen LogP contribution is 2.24. The fraction of sp³-hybridized carbons (Fsp3) is 0.182. The molecule has 0 fully saturated rings. The SMILES string of the molecule is CN(C)Cc1ccc(-c2ccccc2CNC(=O)c2ccccn2)cc1. The van der Waals surface area contributed by atoms with Crippen molar-refractivity contribution in [1.82, 2.24) is 15.2 Å². The van der Waals surface area contributed by atoms with Crippen molar-refractivity contribution in [3.8, 4) is 11.1 Å². The van der Waals surface area contributed by atoms with E-state index < -0.39 is 0 Å². The van der Waals surface area contributed by atoms with Crippen LogP contribution in [0.4, 0.5) is 0 Å². The Labute approximate surface area is 154 Å². The lowest BCUT2D eigenvalue weighted by Gasteiger charge is -2.13. The first-order chi connectivity index (χ1) is 12.6. The Hall–Kier alpha value is -2.98. The largest absolute Gasteiger partial charge is 0.347 e. The summed E-state index contributed by atoms with van der Waals surface area (Å²) in [4.78, 5) is 18.5. The van der Waals surface area contributed by atoms with Crippen LogP contribution >= 0.6 is 0 Å². The quantitative estimate of drug-likeness (QED) is 0.740. The number of hydrogen-bond donors (Lipinski definition) is 1. The third kappa shape index (κ3) is 4.55. The normalized spacial score (nSPS) is 10.7. The van der Waals surface area contributed by atoms with Crippen LogP contribution in [0.3, 0.4) is 0 Å². The van der Waals surface area contributed by atoms with Crippen LogP contribution in [0.15, 0.2) is 72.9 Å². The summed E-state index contributed by atoms with van der Waals surface area (Å²) in [6, 6.07) is 22.0. The van der Waals surface area contributed by atoms with E-state index in [1.165, 1.54) is 5.56 Å². The molecule has 2 aromatic carbocycles. The van der Waals surface area contributed by atoms with Crippen LogP contribution < -0.4 is 5.32 Å². The topological polar surface area (TPSA) is 45.2 Å². The molecular weight excluding hydrogens is 322 g/mol. The smallest absolute Gasteiger partial charge is 0.270 e. The first-order valence-corrected chi connectivity index (χ1v) is 8.64. The maximum atomic E-state index is 12.2. The monoisotopic (exact) mass is 345 g/mol. The van der Waals surface area contributed by atoms with Gasteiger partial charge < -0.3 is 10.2 Å². The maximum absolute atomic E-state index is 12.2. The van der Waals surface area contributed by atoms with E-state index in [0.717, 1.165) is 23.2 Å². The second-order valence-corrected chi connectivity index (χ2v) is 6.49. The summed E-state index contributed by atoms with van der Waals surface area (Å²) in [6.07, 6.45) is 1.62. The number of benzene rings is 2. The molecule has 0 saturated carbocycles. The summed E-state index contributed by atoms with van der Waals surface area (Å²) in [5.41, 5.74) is 5.07. The Morgan fingerprint density at radius 2 is 1.69 bits per heavy atom. The van der Waals surface area contributed by atoms with Crippen molar-refractivity contribution in [2.75, 3.05) is 14.1 Å². The van der Waals surface area contributed by atoms with Crippen LogP contribution in [0, 0.1) is 0 Å². The number of carbonyl (C=O) groups excluding carboxylic acids is 1. The van der Waals surface area contributed by atoms with Crippen LogP contribution in [0.1, 0.15) is 21.6 Å². The maximum Gasteiger partial charge on any atom is 0.270 e. The molecule has 1 heterocycles. The Morgan fingerprint density at radius 3 is 2.38 bits per heavy atom. The molecule has 0 unspecified atom stereocenters. The van der Waals surface area contributed by atoms with Crippen molar-refractivity contribution in [2.45, 2.75) is 13.1 Å². The molecule has 0 atom stereocenters. The minimum absolute atomic E-state index is 0.165. The Kier molecular flexibility index (Phi) is 5.77. The molecule has 132 valence electrons. The molecule has 26 heavy (non-hydrogen) atoms. The van der Waals surface area contributed by atoms with Crippen molar-refractivity contribution in [2.24, 2.45) is 0 Å². The van der Waals surface area contributed by atoms with Gasteiger partial charge in [-0.05, 0) is 48.5 Å². The zero-order chi connectivity index (χ0) is 18.4. The molecule has 1 aromatic heterocycles. The summed E-state index contributed by atoms with van der Waals surface area (Å²) in [5.74, 6) is -0.165. The summed E-state index contributed by atoms with van der Waals surface area (Å²) in [5, 5.41) is 2.95. The lowest BCUT2D eigenvalue weighted by molar-refractivity contribution is 0.0946. The van der Waals surface area contributed by atoms with Gasteiger partial charge in [0.1, 0.15) is 5.69 Å². The van der Waals surface area contributed by atoms with Gasteiger partial charge in [-0.2, -0.15) is 0 Å². The molecule has 0 aliphatic heterocycles. The van der Waals surface area contributed by atoms with E-state index in [4.69, 9.17) is 0 Å². The molecule has 3 aromatic rings. The summed E-state index contributed by atoms with van der Waals surface area (Å²) in [6.45, 7) is 1.38. The van der Waals surface area contributed by atoms with Gasteiger partial charge in [0, 0.05) is 19.3 Å².